The fraction of sp³-hybridized carbons (Fsp3) is 0.333. The summed E-state index contributed by atoms with van der Waals surface area (Å²) in [5.74, 6) is 0.661. The fourth-order valence-corrected chi connectivity index (χ4v) is 1.09. The maximum atomic E-state index is 2.24. The molecule has 1 aromatic carbocycles. The van der Waals surface area contributed by atoms with Gasteiger partial charge < -0.3 is 0 Å². The van der Waals surface area contributed by atoms with E-state index in [1.54, 1.807) is 0 Å². The first-order valence-electron chi connectivity index (χ1n) is 4.49. The average Bonchev–Trinajstić information content (AvgIpc) is 2.05. The van der Waals surface area contributed by atoms with Crippen molar-refractivity contribution in [3.63, 3.8) is 0 Å². The molecule has 0 heteroatoms. The van der Waals surface area contributed by atoms with Crippen LogP contribution in [0.2, 0.25) is 0 Å². The van der Waals surface area contributed by atoms with Crippen LogP contribution in [0, 0.1) is 5.92 Å². The number of allylic oxidation sites excluding steroid dienone is 2. The Kier molecular flexibility index (Phi) is 3.59. The normalized spacial score (nSPS) is 11.2. The minimum Gasteiger partial charge on any atom is -0.0856 e. The van der Waals surface area contributed by atoms with Gasteiger partial charge in [-0.15, -0.1) is 0 Å². The second kappa shape index (κ2) is 4.76. The monoisotopic (exact) mass is 160 g/mol. The molecule has 0 saturated carbocycles. The molecule has 0 unspecified atom stereocenters. The summed E-state index contributed by atoms with van der Waals surface area (Å²) in [6.45, 7) is 4.39. The maximum Gasteiger partial charge on any atom is -0.00974 e. The molecule has 0 bridgehead atoms. The van der Waals surface area contributed by atoms with Crippen molar-refractivity contribution in [1.82, 2.24) is 0 Å². The lowest BCUT2D eigenvalue weighted by molar-refractivity contribution is 0.827. The molecule has 0 spiro atoms. The quantitative estimate of drug-likeness (QED) is 0.594. The molecule has 0 nitrogen and oxygen atoms in total. The summed E-state index contributed by atoms with van der Waals surface area (Å²) in [5.41, 5.74) is 1.38. The molecule has 1 aromatic rings. The Balaban J connectivity index is 2.43. The molecule has 0 aliphatic carbocycles. The van der Waals surface area contributed by atoms with Crippen molar-refractivity contribution in [1.29, 1.82) is 0 Å². The van der Waals surface area contributed by atoms with Crippen LogP contribution >= 0.6 is 0 Å². The summed E-state index contributed by atoms with van der Waals surface area (Å²) in [5, 5.41) is 0. The van der Waals surface area contributed by atoms with Gasteiger partial charge in [0.2, 0.25) is 0 Å². The van der Waals surface area contributed by atoms with Crippen LogP contribution in [0.4, 0.5) is 0 Å². The molecular formula is C12H16. The summed E-state index contributed by atoms with van der Waals surface area (Å²) in [6, 6.07) is 10.5. The van der Waals surface area contributed by atoms with Gasteiger partial charge in [0.15, 0.2) is 0 Å². The van der Waals surface area contributed by atoms with Gasteiger partial charge in [-0.2, -0.15) is 0 Å². The van der Waals surface area contributed by atoms with E-state index in [1.807, 2.05) is 0 Å². The smallest absolute Gasteiger partial charge is 0.00974 e. The molecule has 0 atom stereocenters. The molecule has 0 heterocycles. The van der Waals surface area contributed by atoms with Gasteiger partial charge >= 0.3 is 0 Å². The maximum absolute atomic E-state index is 2.24. The Morgan fingerprint density at radius 1 is 1.17 bits per heavy atom. The first-order valence-corrected chi connectivity index (χ1v) is 4.49. The standard InChI is InChI=1S/C12H16/c1-11(2)7-6-10-12-8-4-3-5-9-12/h3-9,11H,10H2,1-2H3. The van der Waals surface area contributed by atoms with E-state index in [4.69, 9.17) is 0 Å². The summed E-state index contributed by atoms with van der Waals surface area (Å²) in [4.78, 5) is 0. The van der Waals surface area contributed by atoms with Gasteiger partial charge in [-0.3, -0.25) is 0 Å². The van der Waals surface area contributed by atoms with Crippen LogP contribution in [0.5, 0.6) is 0 Å². The molecule has 0 aromatic heterocycles. The topological polar surface area (TPSA) is 0 Å². The van der Waals surface area contributed by atoms with Crippen molar-refractivity contribution < 1.29 is 0 Å². The minimum absolute atomic E-state index is 0.661. The van der Waals surface area contributed by atoms with Crippen LogP contribution in [0.3, 0.4) is 0 Å². The highest BCUT2D eigenvalue weighted by molar-refractivity contribution is 5.17. The highest BCUT2D eigenvalue weighted by atomic mass is 13.9. The third-order valence-electron chi connectivity index (χ3n) is 1.72. The Morgan fingerprint density at radius 3 is 2.42 bits per heavy atom. The zero-order valence-corrected chi connectivity index (χ0v) is 7.83. The Hall–Kier alpha value is -1.04. The van der Waals surface area contributed by atoms with Crippen molar-refractivity contribution in [2.75, 3.05) is 0 Å². The molecule has 0 aliphatic rings. The first kappa shape index (κ1) is 9.05. The van der Waals surface area contributed by atoms with E-state index >= 15 is 0 Å². The van der Waals surface area contributed by atoms with Crippen LogP contribution < -0.4 is 0 Å². The van der Waals surface area contributed by atoms with Gasteiger partial charge in [0.05, 0.1) is 0 Å². The van der Waals surface area contributed by atoms with Crippen LogP contribution in [0.15, 0.2) is 42.5 Å². The summed E-state index contributed by atoms with van der Waals surface area (Å²) < 4.78 is 0. The lowest BCUT2D eigenvalue weighted by Gasteiger charge is -1.95. The number of benzene rings is 1. The van der Waals surface area contributed by atoms with Gasteiger partial charge in [-0.05, 0) is 17.9 Å². The Bertz CT molecular complexity index is 231. The number of rotatable bonds is 3. The van der Waals surface area contributed by atoms with Crippen molar-refractivity contribution in [2.24, 2.45) is 5.92 Å². The predicted molar refractivity (Wildman–Crippen MR) is 54.1 cm³/mol. The molecule has 12 heavy (non-hydrogen) atoms. The fourth-order valence-electron chi connectivity index (χ4n) is 1.09. The molecule has 0 amide bonds. The molecule has 0 aliphatic heterocycles. The van der Waals surface area contributed by atoms with Crippen molar-refractivity contribution in [2.45, 2.75) is 20.3 Å². The molecule has 0 N–H and O–H groups in total. The molecular weight excluding hydrogens is 144 g/mol. The predicted octanol–water partition coefficient (Wildman–Crippen LogP) is 3.44. The van der Waals surface area contributed by atoms with Gasteiger partial charge in [0, 0.05) is 0 Å². The van der Waals surface area contributed by atoms with Gasteiger partial charge in [-0.1, -0.05) is 56.3 Å². The molecule has 64 valence electrons. The number of hydrogen-bond donors (Lipinski definition) is 0. The van der Waals surface area contributed by atoms with Gasteiger partial charge in [0.25, 0.3) is 0 Å². The zero-order chi connectivity index (χ0) is 8.81. The van der Waals surface area contributed by atoms with Crippen LogP contribution in [-0.4, -0.2) is 0 Å². The molecule has 0 fully saturated rings. The summed E-state index contributed by atoms with van der Waals surface area (Å²) in [6.07, 6.45) is 5.53. The lowest BCUT2D eigenvalue weighted by atomic mass is 10.1. The summed E-state index contributed by atoms with van der Waals surface area (Å²) >= 11 is 0. The Labute approximate surface area is 74.9 Å². The van der Waals surface area contributed by atoms with Gasteiger partial charge in [-0.25, -0.2) is 0 Å². The van der Waals surface area contributed by atoms with Gasteiger partial charge in [0.1, 0.15) is 0 Å². The van der Waals surface area contributed by atoms with Crippen molar-refractivity contribution in [3.8, 4) is 0 Å². The minimum atomic E-state index is 0.661. The Morgan fingerprint density at radius 2 is 1.83 bits per heavy atom. The molecule has 0 saturated heterocycles. The van der Waals surface area contributed by atoms with E-state index in [0.29, 0.717) is 5.92 Å². The molecule has 1 rings (SSSR count). The van der Waals surface area contributed by atoms with Crippen molar-refractivity contribution in [3.05, 3.63) is 48.0 Å². The zero-order valence-electron chi connectivity index (χ0n) is 7.83. The second-order valence-electron chi connectivity index (χ2n) is 3.36. The van der Waals surface area contributed by atoms with E-state index in [0.717, 1.165) is 6.42 Å². The van der Waals surface area contributed by atoms with Crippen LogP contribution in [0.1, 0.15) is 19.4 Å². The third kappa shape index (κ3) is 3.38. The SMILES string of the molecule is CC(C)C=CCc1ccccc1. The first-order chi connectivity index (χ1) is 5.79. The van der Waals surface area contributed by atoms with E-state index < -0.39 is 0 Å². The third-order valence-corrected chi connectivity index (χ3v) is 1.72. The lowest BCUT2D eigenvalue weighted by Crippen LogP contribution is -1.81. The molecule has 0 radical (unpaired) electrons. The van der Waals surface area contributed by atoms with E-state index in [-0.39, 0.29) is 0 Å². The van der Waals surface area contributed by atoms with E-state index in [9.17, 15) is 0 Å². The largest absolute Gasteiger partial charge is 0.0856 e. The summed E-state index contributed by atoms with van der Waals surface area (Å²) in [7, 11) is 0. The highest BCUT2D eigenvalue weighted by Crippen LogP contribution is 2.01. The highest BCUT2D eigenvalue weighted by Gasteiger charge is 1.86. The number of hydrogen-bond acceptors (Lipinski definition) is 0. The second-order valence-corrected chi connectivity index (χ2v) is 3.36. The average molecular weight is 160 g/mol. The van der Waals surface area contributed by atoms with E-state index in [2.05, 4.69) is 56.3 Å². The van der Waals surface area contributed by atoms with Crippen LogP contribution in [0.25, 0.3) is 0 Å². The van der Waals surface area contributed by atoms with Crippen LogP contribution in [-0.2, 0) is 6.42 Å². The van der Waals surface area contributed by atoms with E-state index in [1.165, 1.54) is 5.56 Å². The van der Waals surface area contributed by atoms with Crippen molar-refractivity contribution >= 4 is 0 Å².